The summed E-state index contributed by atoms with van der Waals surface area (Å²) in [5.74, 6) is -0.108. The zero-order valence-corrected chi connectivity index (χ0v) is 13.3. The van der Waals surface area contributed by atoms with Gasteiger partial charge in [0.2, 0.25) is 0 Å². The lowest BCUT2D eigenvalue weighted by molar-refractivity contribution is -0.149. The number of rotatable bonds is 2. The van der Waals surface area contributed by atoms with Crippen molar-refractivity contribution < 1.29 is 9.63 Å². The summed E-state index contributed by atoms with van der Waals surface area (Å²) in [5.41, 5.74) is 4.40. The van der Waals surface area contributed by atoms with E-state index in [0.717, 1.165) is 61.7 Å². The topological polar surface area (TPSA) is 54.4 Å². The predicted octanol–water partition coefficient (Wildman–Crippen LogP) is 4.33. The maximum absolute atomic E-state index is 12.2. The van der Waals surface area contributed by atoms with Crippen LogP contribution in [-0.2, 0) is 16.1 Å². The lowest BCUT2D eigenvalue weighted by atomic mass is 9.89. The van der Waals surface area contributed by atoms with Gasteiger partial charge in [0.1, 0.15) is 0 Å². The Morgan fingerprint density at radius 2 is 1.91 bits per heavy atom. The summed E-state index contributed by atoms with van der Waals surface area (Å²) in [6.07, 6.45) is 8.32. The second kappa shape index (κ2) is 6.19. The van der Waals surface area contributed by atoms with Crippen LogP contribution in [0.25, 0.3) is 10.9 Å². The molecule has 1 N–H and O–H groups in total. The number of oxime groups is 1. The van der Waals surface area contributed by atoms with Gasteiger partial charge in [-0.1, -0.05) is 42.6 Å². The molecule has 1 aromatic heterocycles. The molecule has 2 aromatic rings. The van der Waals surface area contributed by atoms with E-state index in [-0.39, 0.29) is 11.9 Å². The zero-order valence-electron chi connectivity index (χ0n) is 13.3. The molecule has 120 valence electrons. The second-order valence-electron chi connectivity index (χ2n) is 6.66. The van der Waals surface area contributed by atoms with Crippen LogP contribution in [0.15, 0.2) is 29.4 Å². The van der Waals surface area contributed by atoms with E-state index in [0.29, 0.717) is 0 Å². The fourth-order valence-corrected chi connectivity index (χ4v) is 3.88. The number of fused-ring (bicyclic) bond motifs is 3. The largest absolute Gasteiger partial charge is 0.358 e. The van der Waals surface area contributed by atoms with E-state index in [1.54, 1.807) is 0 Å². The smallest absolute Gasteiger partial charge is 0.338 e. The molecule has 4 heteroatoms. The van der Waals surface area contributed by atoms with Gasteiger partial charge in [-0.05, 0) is 38.2 Å². The number of aryl methyl sites for hydroxylation is 1. The molecule has 1 aromatic carbocycles. The van der Waals surface area contributed by atoms with E-state index in [1.165, 1.54) is 17.5 Å². The fourth-order valence-electron chi connectivity index (χ4n) is 3.88. The first-order chi connectivity index (χ1) is 11.3. The van der Waals surface area contributed by atoms with Crippen LogP contribution in [-0.4, -0.2) is 16.7 Å². The highest BCUT2D eigenvalue weighted by Gasteiger charge is 2.25. The van der Waals surface area contributed by atoms with Gasteiger partial charge >= 0.3 is 5.97 Å². The van der Waals surface area contributed by atoms with E-state index in [9.17, 15) is 4.79 Å². The van der Waals surface area contributed by atoms with E-state index in [2.05, 4.69) is 22.3 Å². The molecule has 0 atom stereocenters. The van der Waals surface area contributed by atoms with Crippen molar-refractivity contribution in [3.8, 4) is 0 Å². The van der Waals surface area contributed by atoms with Crippen LogP contribution in [0.1, 0.15) is 56.2 Å². The van der Waals surface area contributed by atoms with Crippen molar-refractivity contribution in [2.24, 2.45) is 11.1 Å². The van der Waals surface area contributed by atoms with Gasteiger partial charge in [0.05, 0.1) is 11.6 Å². The highest BCUT2D eigenvalue weighted by Crippen LogP contribution is 2.30. The van der Waals surface area contributed by atoms with Gasteiger partial charge in [0, 0.05) is 22.2 Å². The number of H-pyrrole nitrogens is 1. The van der Waals surface area contributed by atoms with Gasteiger partial charge < -0.3 is 9.82 Å². The number of hydrogen-bond acceptors (Lipinski definition) is 3. The normalized spacial score (nSPS) is 20.6. The van der Waals surface area contributed by atoms with E-state index >= 15 is 0 Å². The molecule has 2 aliphatic rings. The van der Waals surface area contributed by atoms with Crippen molar-refractivity contribution in [3.05, 3.63) is 35.5 Å². The number of aromatic nitrogens is 1. The summed E-state index contributed by atoms with van der Waals surface area (Å²) in [7, 11) is 0. The second-order valence-corrected chi connectivity index (χ2v) is 6.66. The standard InChI is InChI=1S/C19H22N2O2/c22-19(13-7-2-1-3-8-13)23-21-17-12-6-11-16-18(17)14-9-4-5-10-15(14)20-16/h4-5,9-10,13,20H,1-3,6-8,11-12H2/b21-17+. The predicted molar refractivity (Wildman–Crippen MR) is 90.4 cm³/mol. The summed E-state index contributed by atoms with van der Waals surface area (Å²) in [6.45, 7) is 0. The van der Waals surface area contributed by atoms with Crippen LogP contribution in [0, 0.1) is 5.92 Å². The van der Waals surface area contributed by atoms with Crippen LogP contribution < -0.4 is 0 Å². The minimum absolute atomic E-state index is 0.0409. The van der Waals surface area contributed by atoms with Gasteiger partial charge in [0.25, 0.3) is 0 Å². The maximum Gasteiger partial charge on any atom is 0.338 e. The Morgan fingerprint density at radius 3 is 2.78 bits per heavy atom. The number of carbonyl (C=O) groups is 1. The third-order valence-corrected chi connectivity index (χ3v) is 5.10. The molecule has 0 radical (unpaired) electrons. The summed E-state index contributed by atoms with van der Waals surface area (Å²) in [4.78, 5) is 21.0. The Balaban J connectivity index is 1.59. The molecule has 2 aliphatic carbocycles. The van der Waals surface area contributed by atoms with Gasteiger partial charge in [0.15, 0.2) is 0 Å². The number of aromatic amines is 1. The van der Waals surface area contributed by atoms with Gasteiger partial charge in [-0.3, -0.25) is 0 Å². The highest BCUT2D eigenvalue weighted by molar-refractivity contribution is 6.12. The quantitative estimate of drug-likeness (QED) is 0.663. The Hall–Kier alpha value is -2.10. The number of carbonyl (C=O) groups excluding carboxylic acids is 1. The number of nitrogens with zero attached hydrogens (tertiary/aromatic N) is 1. The van der Waals surface area contributed by atoms with Crippen LogP contribution in [0.2, 0.25) is 0 Å². The van der Waals surface area contributed by atoms with Crippen molar-refractivity contribution in [1.82, 2.24) is 4.98 Å². The van der Waals surface area contributed by atoms with E-state index in [4.69, 9.17) is 4.84 Å². The first kappa shape index (κ1) is 14.5. The molecular weight excluding hydrogens is 288 g/mol. The maximum atomic E-state index is 12.2. The monoisotopic (exact) mass is 310 g/mol. The summed E-state index contributed by atoms with van der Waals surface area (Å²) >= 11 is 0. The van der Waals surface area contributed by atoms with Crippen molar-refractivity contribution in [3.63, 3.8) is 0 Å². The Kier molecular flexibility index (Phi) is 3.90. The van der Waals surface area contributed by atoms with Crippen molar-refractivity contribution in [1.29, 1.82) is 0 Å². The molecule has 0 amide bonds. The summed E-state index contributed by atoms with van der Waals surface area (Å²) in [6, 6.07) is 8.26. The lowest BCUT2D eigenvalue weighted by Crippen LogP contribution is -2.20. The van der Waals surface area contributed by atoms with Crippen LogP contribution in [0.4, 0.5) is 0 Å². The molecule has 0 unspecified atom stereocenters. The zero-order chi connectivity index (χ0) is 15.6. The average Bonchev–Trinajstić information content (AvgIpc) is 2.99. The molecule has 4 rings (SSSR count). The molecule has 23 heavy (non-hydrogen) atoms. The first-order valence-electron chi connectivity index (χ1n) is 8.70. The Morgan fingerprint density at radius 1 is 1.09 bits per heavy atom. The third-order valence-electron chi connectivity index (χ3n) is 5.10. The minimum atomic E-state index is -0.149. The van der Waals surface area contributed by atoms with Crippen LogP contribution in [0.5, 0.6) is 0 Å². The Labute approximate surface area is 135 Å². The molecular formula is C19H22N2O2. The number of hydrogen-bond donors (Lipinski definition) is 1. The van der Waals surface area contributed by atoms with Gasteiger partial charge in [-0.2, -0.15) is 0 Å². The summed E-state index contributed by atoms with van der Waals surface area (Å²) < 4.78 is 0. The van der Waals surface area contributed by atoms with Crippen LogP contribution in [0.3, 0.4) is 0 Å². The van der Waals surface area contributed by atoms with Crippen molar-refractivity contribution in [2.75, 3.05) is 0 Å². The molecule has 1 heterocycles. The molecule has 1 fully saturated rings. The average molecular weight is 310 g/mol. The van der Waals surface area contributed by atoms with Crippen molar-refractivity contribution >= 4 is 22.6 Å². The molecule has 0 bridgehead atoms. The number of nitrogens with one attached hydrogen (secondary N) is 1. The number of para-hydroxylation sites is 1. The summed E-state index contributed by atoms with van der Waals surface area (Å²) in [5, 5.41) is 5.44. The minimum Gasteiger partial charge on any atom is -0.358 e. The third kappa shape index (κ3) is 2.78. The highest BCUT2D eigenvalue weighted by atomic mass is 16.7. The SMILES string of the molecule is O=C(O/N=C1\CCCc2[nH]c3ccccc3c21)C1CCCCC1. The van der Waals surface area contributed by atoms with Crippen molar-refractivity contribution in [2.45, 2.75) is 51.4 Å². The lowest BCUT2D eigenvalue weighted by Gasteiger charge is -2.19. The number of benzene rings is 1. The van der Waals surface area contributed by atoms with Gasteiger partial charge in [-0.15, -0.1) is 0 Å². The molecule has 0 saturated heterocycles. The fraction of sp³-hybridized carbons (Fsp3) is 0.474. The van der Waals surface area contributed by atoms with Gasteiger partial charge in [-0.25, -0.2) is 4.79 Å². The Bertz CT molecular complexity index is 754. The molecule has 0 aliphatic heterocycles. The first-order valence-corrected chi connectivity index (χ1v) is 8.70. The van der Waals surface area contributed by atoms with E-state index < -0.39 is 0 Å². The molecule has 1 saturated carbocycles. The molecule has 4 nitrogen and oxygen atoms in total. The van der Waals surface area contributed by atoms with E-state index in [1.807, 2.05) is 12.1 Å². The molecule has 0 spiro atoms. The van der Waals surface area contributed by atoms with Crippen LogP contribution >= 0.6 is 0 Å².